The number of aryl methyl sites for hydroxylation is 1. The van der Waals surface area contributed by atoms with Gasteiger partial charge in [0.05, 0.1) is 17.5 Å². The van der Waals surface area contributed by atoms with Crippen molar-refractivity contribution in [3.63, 3.8) is 0 Å². The second-order valence-electron chi connectivity index (χ2n) is 4.85. The maximum absolute atomic E-state index is 12.2. The number of aromatic nitrogens is 2. The number of carboxylic acids is 1. The lowest BCUT2D eigenvalue weighted by atomic mass is 10.1. The van der Waals surface area contributed by atoms with Crippen LogP contribution in [0.25, 0.3) is 0 Å². The Hall–Kier alpha value is -2.11. The molecule has 0 saturated carbocycles. The molecule has 0 saturated heterocycles. The first kappa shape index (κ1) is 14.3. The van der Waals surface area contributed by atoms with Crippen molar-refractivity contribution in [3.05, 3.63) is 29.6 Å². The van der Waals surface area contributed by atoms with E-state index in [1.54, 1.807) is 12.2 Å². The number of allylic oxidation sites excluding steroid dienone is 1. The average molecular weight is 277 g/mol. The molecule has 2 N–H and O–H groups in total. The van der Waals surface area contributed by atoms with Gasteiger partial charge in [-0.25, -0.2) is 4.79 Å². The molecular weight excluding hydrogens is 258 g/mol. The van der Waals surface area contributed by atoms with Crippen molar-refractivity contribution in [2.75, 3.05) is 0 Å². The standard InChI is InChI=1S/C14H19N3O3/c1-2-3-6-11(14(19)20)16-13(18)10-9-15-17-8-5-4-7-12(10)17/h2-3,9,11H,4-8H2,1H3,(H,16,18)(H,19,20)/b3-2+. The average Bonchev–Trinajstić information content (AvgIpc) is 2.87. The van der Waals surface area contributed by atoms with Crippen molar-refractivity contribution in [1.82, 2.24) is 15.1 Å². The monoisotopic (exact) mass is 277 g/mol. The molecule has 1 aliphatic rings. The van der Waals surface area contributed by atoms with Crippen LogP contribution in [0.3, 0.4) is 0 Å². The quantitative estimate of drug-likeness (QED) is 0.796. The Morgan fingerprint density at radius 3 is 3.05 bits per heavy atom. The number of hydrogen-bond donors (Lipinski definition) is 2. The zero-order valence-corrected chi connectivity index (χ0v) is 11.5. The molecule has 108 valence electrons. The van der Waals surface area contributed by atoms with Crippen LogP contribution >= 0.6 is 0 Å². The minimum Gasteiger partial charge on any atom is -0.480 e. The second kappa shape index (κ2) is 6.36. The number of carboxylic acid groups (broad SMARTS) is 1. The smallest absolute Gasteiger partial charge is 0.326 e. The van der Waals surface area contributed by atoms with Crippen molar-refractivity contribution in [1.29, 1.82) is 0 Å². The van der Waals surface area contributed by atoms with E-state index in [2.05, 4.69) is 10.4 Å². The Labute approximate surface area is 117 Å². The number of carbonyl (C=O) groups excluding carboxylic acids is 1. The molecule has 0 fully saturated rings. The first-order valence-corrected chi connectivity index (χ1v) is 6.83. The van der Waals surface area contributed by atoms with Crippen molar-refractivity contribution in [3.8, 4) is 0 Å². The highest BCUT2D eigenvalue weighted by Gasteiger charge is 2.24. The summed E-state index contributed by atoms with van der Waals surface area (Å²) in [5.41, 5.74) is 1.40. The Morgan fingerprint density at radius 1 is 1.55 bits per heavy atom. The first-order chi connectivity index (χ1) is 9.63. The Balaban J connectivity index is 2.10. The van der Waals surface area contributed by atoms with Crippen LogP contribution in [0, 0.1) is 0 Å². The molecule has 2 rings (SSSR count). The maximum atomic E-state index is 12.2. The summed E-state index contributed by atoms with van der Waals surface area (Å²) in [5, 5.41) is 15.9. The van der Waals surface area contributed by atoms with Gasteiger partial charge in [-0.1, -0.05) is 12.2 Å². The van der Waals surface area contributed by atoms with Gasteiger partial charge in [0.15, 0.2) is 0 Å². The van der Waals surface area contributed by atoms with E-state index < -0.39 is 12.0 Å². The number of nitrogens with zero attached hydrogens (tertiary/aromatic N) is 2. The molecule has 0 radical (unpaired) electrons. The highest BCUT2D eigenvalue weighted by atomic mass is 16.4. The molecule has 1 unspecified atom stereocenters. The molecule has 1 aromatic heterocycles. The Bertz CT molecular complexity index is 534. The van der Waals surface area contributed by atoms with Gasteiger partial charge in [-0.15, -0.1) is 0 Å². The summed E-state index contributed by atoms with van der Waals surface area (Å²) in [5.74, 6) is -1.39. The van der Waals surface area contributed by atoms with Gasteiger partial charge in [0.2, 0.25) is 0 Å². The summed E-state index contributed by atoms with van der Waals surface area (Å²) in [6.07, 6.45) is 8.22. The van der Waals surface area contributed by atoms with Crippen molar-refractivity contribution in [2.24, 2.45) is 0 Å². The summed E-state index contributed by atoms with van der Waals surface area (Å²) in [4.78, 5) is 23.3. The summed E-state index contributed by atoms with van der Waals surface area (Å²) < 4.78 is 1.83. The van der Waals surface area contributed by atoms with Crippen LogP contribution in [-0.2, 0) is 17.8 Å². The highest BCUT2D eigenvalue weighted by Crippen LogP contribution is 2.18. The van der Waals surface area contributed by atoms with E-state index >= 15 is 0 Å². The largest absolute Gasteiger partial charge is 0.480 e. The van der Waals surface area contributed by atoms with Gasteiger partial charge in [0, 0.05) is 6.54 Å². The number of rotatable bonds is 5. The lowest BCUT2D eigenvalue weighted by Gasteiger charge is -2.16. The second-order valence-corrected chi connectivity index (χ2v) is 4.85. The molecule has 0 aromatic carbocycles. The van der Waals surface area contributed by atoms with Gasteiger partial charge in [-0.2, -0.15) is 5.10 Å². The number of aliphatic carboxylic acids is 1. The summed E-state index contributed by atoms with van der Waals surface area (Å²) in [6.45, 7) is 2.64. The van der Waals surface area contributed by atoms with Crippen molar-refractivity contribution >= 4 is 11.9 Å². The van der Waals surface area contributed by atoms with E-state index in [1.165, 1.54) is 6.20 Å². The third-order valence-corrected chi connectivity index (χ3v) is 3.44. The SMILES string of the molecule is C/C=C/CC(NC(=O)c1cnn2c1CCCC2)C(=O)O. The lowest BCUT2D eigenvalue weighted by Crippen LogP contribution is -2.40. The molecule has 0 bridgehead atoms. The minimum atomic E-state index is -1.03. The van der Waals surface area contributed by atoms with E-state index in [0.29, 0.717) is 5.56 Å². The predicted molar refractivity (Wildman–Crippen MR) is 73.5 cm³/mol. The number of fused-ring (bicyclic) bond motifs is 1. The maximum Gasteiger partial charge on any atom is 0.326 e. The molecule has 1 aromatic rings. The van der Waals surface area contributed by atoms with Crippen LogP contribution in [0.4, 0.5) is 0 Å². The normalized spacial score (nSPS) is 15.8. The fourth-order valence-corrected chi connectivity index (χ4v) is 2.34. The lowest BCUT2D eigenvalue weighted by molar-refractivity contribution is -0.139. The van der Waals surface area contributed by atoms with Gasteiger partial charge in [-0.05, 0) is 32.6 Å². The zero-order valence-electron chi connectivity index (χ0n) is 11.5. The van der Waals surface area contributed by atoms with E-state index in [0.717, 1.165) is 31.5 Å². The molecule has 6 nitrogen and oxygen atoms in total. The molecule has 20 heavy (non-hydrogen) atoms. The van der Waals surface area contributed by atoms with Crippen molar-refractivity contribution in [2.45, 2.75) is 45.2 Å². The Morgan fingerprint density at radius 2 is 2.35 bits per heavy atom. The molecular formula is C14H19N3O3. The summed E-state index contributed by atoms with van der Waals surface area (Å²) in [7, 11) is 0. The van der Waals surface area contributed by atoms with Gasteiger partial charge >= 0.3 is 5.97 Å². The van der Waals surface area contributed by atoms with Crippen LogP contribution in [0.1, 0.15) is 42.2 Å². The fraction of sp³-hybridized carbons (Fsp3) is 0.500. The molecule has 1 amide bonds. The first-order valence-electron chi connectivity index (χ1n) is 6.83. The topological polar surface area (TPSA) is 84.2 Å². The van der Waals surface area contributed by atoms with Crippen LogP contribution in [-0.4, -0.2) is 32.8 Å². The molecule has 2 heterocycles. The molecule has 6 heteroatoms. The van der Waals surface area contributed by atoms with Crippen LogP contribution in [0.2, 0.25) is 0 Å². The van der Waals surface area contributed by atoms with Gasteiger partial charge in [0.25, 0.3) is 5.91 Å². The van der Waals surface area contributed by atoms with Crippen molar-refractivity contribution < 1.29 is 14.7 Å². The van der Waals surface area contributed by atoms with E-state index in [1.807, 2.05) is 11.6 Å². The van der Waals surface area contributed by atoms with Crippen LogP contribution in [0.5, 0.6) is 0 Å². The highest BCUT2D eigenvalue weighted by molar-refractivity contribution is 5.97. The zero-order chi connectivity index (χ0) is 14.5. The number of hydrogen-bond acceptors (Lipinski definition) is 3. The molecule has 1 aliphatic heterocycles. The third kappa shape index (κ3) is 3.07. The van der Waals surface area contributed by atoms with Gasteiger partial charge in [-0.3, -0.25) is 9.48 Å². The fourth-order valence-electron chi connectivity index (χ4n) is 2.34. The summed E-state index contributed by atoms with van der Waals surface area (Å²) >= 11 is 0. The predicted octanol–water partition coefficient (Wildman–Crippen LogP) is 1.37. The van der Waals surface area contributed by atoms with Gasteiger partial charge in [0.1, 0.15) is 6.04 Å². The minimum absolute atomic E-state index is 0.279. The van der Waals surface area contributed by atoms with Crippen LogP contribution in [0.15, 0.2) is 18.3 Å². The summed E-state index contributed by atoms with van der Waals surface area (Å²) in [6, 6.07) is -0.905. The molecule has 0 aliphatic carbocycles. The third-order valence-electron chi connectivity index (χ3n) is 3.44. The van der Waals surface area contributed by atoms with E-state index in [9.17, 15) is 9.59 Å². The number of nitrogens with one attached hydrogen (secondary N) is 1. The van der Waals surface area contributed by atoms with Gasteiger partial charge < -0.3 is 10.4 Å². The van der Waals surface area contributed by atoms with E-state index in [4.69, 9.17) is 5.11 Å². The number of carbonyl (C=O) groups is 2. The van der Waals surface area contributed by atoms with E-state index in [-0.39, 0.29) is 12.3 Å². The van der Waals surface area contributed by atoms with Crippen LogP contribution < -0.4 is 5.32 Å². The molecule has 1 atom stereocenters. The Kier molecular flexibility index (Phi) is 4.55. The molecule has 0 spiro atoms. The number of amides is 1.